The molecule has 0 amide bonds. The van der Waals surface area contributed by atoms with Crippen LogP contribution in [0.5, 0.6) is 11.5 Å². The monoisotopic (exact) mass is 416 g/mol. The van der Waals surface area contributed by atoms with Crippen molar-refractivity contribution in [1.82, 2.24) is 10.2 Å². The van der Waals surface area contributed by atoms with Gasteiger partial charge in [-0.2, -0.15) is 0 Å². The first-order valence-corrected chi connectivity index (χ1v) is 9.40. The molecule has 0 aliphatic carbocycles. The summed E-state index contributed by atoms with van der Waals surface area (Å²) in [6.45, 7) is 5.39. The zero-order chi connectivity index (χ0) is 21.0. The number of carbonyl (C=O) groups is 1. The molecule has 0 aliphatic rings. The van der Waals surface area contributed by atoms with E-state index in [0.29, 0.717) is 17.4 Å². The molecule has 0 unspecified atom stereocenters. The maximum atomic E-state index is 12.6. The van der Waals surface area contributed by atoms with Crippen molar-refractivity contribution in [2.45, 2.75) is 33.0 Å². The lowest BCUT2D eigenvalue weighted by molar-refractivity contribution is 0.0279. The molecule has 0 spiro atoms. The Morgan fingerprint density at radius 2 is 1.83 bits per heavy atom. The highest BCUT2D eigenvalue weighted by molar-refractivity contribution is 6.32. The molecular weight excluding hydrogens is 396 g/mol. The lowest BCUT2D eigenvalue weighted by atomic mass is 10.2. The highest BCUT2D eigenvalue weighted by Crippen LogP contribution is 2.37. The third-order valence-corrected chi connectivity index (χ3v) is 4.19. The Balaban J connectivity index is 1.76. The van der Waals surface area contributed by atoms with E-state index < -0.39 is 12.1 Å². The molecule has 3 aromatic rings. The van der Waals surface area contributed by atoms with Crippen molar-refractivity contribution < 1.29 is 23.4 Å². The molecule has 0 N–H and O–H groups in total. The van der Waals surface area contributed by atoms with Crippen LogP contribution in [-0.4, -0.2) is 29.4 Å². The molecule has 2 aromatic carbocycles. The van der Waals surface area contributed by atoms with Crippen molar-refractivity contribution in [2.24, 2.45) is 0 Å². The van der Waals surface area contributed by atoms with Crippen LogP contribution in [0.3, 0.4) is 0 Å². The van der Waals surface area contributed by atoms with E-state index in [2.05, 4.69) is 10.2 Å². The van der Waals surface area contributed by atoms with Gasteiger partial charge in [-0.15, -0.1) is 10.2 Å². The van der Waals surface area contributed by atoms with Crippen LogP contribution >= 0.6 is 11.6 Å². The molecule has 1 atom stereocenters. The highest BCUT2D eigenvalue weighted by atomic mass is 35.5. The highest BCUT2D eigenvalue weighted by Gasteiger charge is 2.22. The van der Waals surface area contributed by atoms with Gasteiger partial charge in [-0.05, 0) is 45.0 Å². The predicted octanol–water partition coefficient (Wildman–Crippen LogP) is 5.10. The van der Waals surface area contributed by atoms with Gasteiger partial charge in [-0.1, -0.05) is 29.8 Å². The zero-order valence-corrected chi connectivity index (χ0v) is 17.3. The quantitative estimate of drug-likeness (QED) is 0.495. The van der Waals surface area contributed by atoms with E-state index in [-0.39, 0.29) is 22.6 Å². The van der Waals surface area contributed by atoms with Crippen molar-refractivity contribution in [3.8, 4) is 23.0 Å². The Hall–Kier alpha value is -3.06. The standard InChI is InChI=1S/C21H21ClN2O5/c1-12(2)27-18-16(22)10-15(11-17(18)26-4)21(25)28-13(3)19-23-24-20(29-19)14-8-6-5-7-9-14/h5-13H,1-4H3/t13-/m1/s1. The van der Waals surface area contributed by atoms with Crippen LogP contribution < -0.4 is 9.47 Å². The van der Waals surface area contributed by atoms with Crippen LogP contribution in [0.15, 0.2) is 46.9 Å². The number of hydrogen-bond acceptors (Lipinski definition) is 7. The maximum Gasteiger partial charge on any atom is 0.339 e. The number of benzene rings is 2. The molecule has 3 rings (SSSR count). The number of methoxy groups -OCH3 is 1. The molecule has 0 radical (unpaired) electrons. The van der Waals surface area contributed by atoms with E-state index in [0.717, 1.165) is 5.56 Å². The fourth-order valence-electron chi connectivity index (χ4n) is 2.56. The number of ether oxygens (including phenoxy) is 3. The minimum absolute atomic E-state index is 0.101. The molecule has 29 heavy (non-hydrogen) atoms. The Morgan fingerprint density at radius 3 is 2.48 bits per heavy atom. The topological polar surface area (TPSA) is 83.7 Å². The van der Waals surface area contributed by atoms with Crippen LogP contribution in [-0.2, 0) is 4.74 Å². The summed E-state index contributed by atoms with van der Waals surface area (Å²) in [4.78, 5) is 12.6. The van der Waals surface area contributed by atoms with E-state index in [1.807, 2.05) is 44.2 Å². The fourth-order valence-corrected chi connectivity index (χ4v) is 2.82. The molecule has 1 aromatic heterocycles. The SMILES string of the molecule is COc1cc(C(=O)O[C@H](C)c2nnc(-c3ccccc3)o2)cc(Cl)c1OC(C)C. The van der Waals surface area contributed by atoms with Crippen LogP contribution in [0.1, 0.15) is 43.1 Å². The summed E-state index contributed by atoms with van der Waals surface area (Å²) >= 11 is 6.27. The van der Waals surface area contributed by atoms with E-state index >= 15 is 0 Å². The van der Waals surface area contributed by atoms with Crippen LogP contribution in [0, 0.1) is 0 Å². The summed E-state index contributed by atoms with van der Waals surface area (Å²) in [6.07, 6.45) is -0.848. The molecule has 152 valence electrons. The first-order valence-electron chi connectivity index (χ1n) is 9.03. The number of nitrogens with zero attached hydrogens (tertiary/aromatic N) is 2. The van der Waals surface area contributed by atoms with E-state index in [1.165, 1.54) is 19.2 Å². The predicted molar refractivity (Wildman–Crippen MR) is 107 cm³/mol. The Kier molecular flexibility index (Phi) is 6.39. The lowest BCUT2D eigenvalue weighted by Gasteiger charge is -2.16. The molecule has 0 fully saturated rings. The average molecular weight is 417 g/mol. The normalized spacial score (nSPS) is 11.9. The summed E-state index contributed by atoms with van der Waals surface area (Å²) < 4.78 is 22.0. The van der Waals surface area contributed by atoms with Crippen LogP contribution in [0.4, 0.5) is 0 Å². The first-order chi connectivity index (χ1) is 13.9. The summed E-state index contributed by atoms with van der Waals surface area (Å²) in [7, 11) is 1.47. The van der Waals surface area contributed by atoms with Gasteiger partial charge in [-0.25, -0.2) is 4.79 Å². The van der Waals surface area contributed by atoms with Gasteiger partial charge in [-0.3, -0.25) is 0 Å². The van der Waals surface area contributed by atoms with Gasteiger partial charge in [0.15, 0.2) is 17.6 Å². The smallest absolute Gasteiger partial charge is 0.339 e. The molecule has 1 heterocycles. The van der Waals surface area contributed by atoms with Gasteiger partial charge in [0.25, 0.3) is 5.89 Å². The van der Waals surface area contributed by atoms with Gasteiger partial charge in [0, 0.05) is 5.56 Å². The molecule has 7 nitrogen and oxygen atoms in total. The summed E-state index contributed by atoms with van der Waals surface area (Å²) in [5.41, 5.74) is 1.000. The molecule has 0 saturated carbocycles. The summed E-state index contributed by atoms with van der Waals surface area (Å²) in [6, 6.07) is 12.3. The average Bonchev–Trinajstić information content (AvgIpc) is 3.20. The van der Waals surface area contributed by atoms with E-state index in [9.17, 15) is 4.79 Å². The molecule has 0 aliphatic heterocycles. The van der Waals surface area contributed by atoms with Gasteiger partial charge in [0.2, 0.25) is 5.89 Å². The van der Waals surface area contributed by atoms with Crippen LogP contribution in [0.25, 0.3) is 11.5 Å². The first kappa shape index (κ1) is 20.7. The number of halogens is 1. The Labute approximate surface area is 173 Å². The third kappa shape index (κ3) is 4.86. The van der Waals surface area contributed by atoms with Crippen molar-refractivity contribution >= 4 is 17.6 Å². The molecular formula is C21H21ClN2O5. The molecule has 0 saturated heterocycles. The number of carbonyl (C=O) groups excluding carboxylic acids is 1. The number of rotatable bonds is 7. The Morgan fingerprint density at radius 1 is 1.10 bits per heavy atom. The second-order valence-corrected chi connectivity index (χ2v) is 6.92. The van der Waals surface area contributed by atoms with Crippen LogP contribution in [0.2, 0.25) is 5.02 Å². The van der Waals surface area contributed by atoms with Crippen molar-refractivity contribution in [1.29, 1.82) is 0 Å². The molecule has 0 bridgehead atoms. The van der Waals surface area contributed by atoms with Gasteiger partial charge >= 0.3 is 5.97 Å². The lowest BCUT2D eigenvalue weighted by Crippen LogP contribution is -2.11. The second kappa shape index (κ2) is 8.96. The van der Waals surface area contributed by atoms with Crippen molar-refractivity contribution in [3.63, 3.8) is 0 Å². The van der Waals surface area contributed by atoms with Gasteiger partial charge < -0.3 is 18.6 Å². The number of esters is 1. The number of aromatic nitrogens is 2. The maximum absolute atomic E-state index is 12.6. The van der Waals surface area contributed by atoms with Crippen molar-refractivity contribution in [3.05, 3.63) is 58.9 Å². The summed E-state index contributed by atoms with van der Waals surface area (Å²) in [5.74, 6) is 0.653. The second-order valence-electron chi connectivity index (χ2n) is 6.52. The van der Waals surface area contributed by atoms with Crippen molar-refractivity contribution in [2.75, 3.05) is 7.11 Å². The van der Waals surface area contributed by atoms with E-state index in [1.54, 1.807) is 6.92 Å². The fraction of sp³-hybridized carbons (Fsp3) is 0.286. The third-order valence-electron chi connectivity index (χ3n) is 3.91. The molecule has 8 heteroatoms. The minimum Gasteiger partial charge on any atom is -0.493 e. The van der Waals surface area contributed by atoms with Gasteiger partial charge in [0.05, 0.1) is 23.8 Å². The zero-order valence-electron chi connectivity index (χ0n) is 16.5. The van der Waals surface area contributed by atoms with E-state index in [4.69, 9.17) is 30.2 Å². The Bertz CT molecular complexity index is 988. The van der Waals surface area contributed by atoms with Gasteiger partial charge in [0.1, 0.15) is 0 Å². The minimum atomic E-state index is -0.746. The largest absolute Gasteiger partial charge is 0.493 e. The number of hydrogen-bond donors (Lipinski definition) is 0. The summed E-state index contributed by atoms with van der Waals surface area (Å²) in [5, 5.41) is 8.23.